The zero-order valence-corrected chi connectivity index (χ0v) is 31.6. The fraction of sp³-hybridized carbons (Fsp3) is 0.825. The Kier molecular flexibility index (Phi) is 28.6. The van der Waals surface area contributed by atoms with Gasteiger partial charge in [0, 0.05) is 25.8 Å². The molecule has 0 aliphatic carbocycles. The summed E-state index contributed by atoms with van der Waals surface area (Å²) in [5.74, 6) is -0.150. The maximum Gasteiger partial charge on any atom is 0.306 e. The molecular formula is C40H73NO6. The number of hydrogen-bond acceptors (Lipinski definition) is 7. The van der Waals surface area contributed by atoms with E-state index < -0.39 is 0 Å². The van der Waals surface area contributed by atoms with Crippen molar-refractivity contribution in [2.45, 2.75) is 169 Å². The van der Waals surface area contributed by atoms with Crippen molar-refractivity contribution < 1.29 is 28.6 Å². The monoisotopic (exact) mass is 664 g/mol. The highest BCUT2D eigenvalue weighted by atomic mass is 16.5. The van der Waals surface area contributed by atoms with E-state index in [0.717, 1.165) is 90.0 Å². The van der Waals surface area contributed by atoms with Crippen molar-refractivity contribution in [1.82, 2.24) is 4.90 Å². The van der Waals surface area contributed by atoms with E-state index in [2.05, 4.69) is 77.9 Å². The fourth-order valence-corrected chi connectivity index (χ4v) is 6.09. The molecule has 0 saturated heterocycles. The third-order valence-electron chi connectivity index (χ3n) is 8.15. The summed E-state index contributed by atoms with van der Waals surface area (Å²) in [7, 11) is 4.17. The van der Waals surface area contributed by atoms with Crippen molar-refractivity contribution >= 4 is 17.9 Å². The summed E-state index contributed by atoms with van der Waals surface area (Å²) >= 11 is 0. The molecule has 0 N–H and O–H groups in total. The molecule has 0 spiro atoms. The van der Waals surface area contributed by atoms with E-state index in [1.165, 1.54) is 25.7 Å². The van der Waals surface area contributed by atoms with Crippen LogP contribution >= 0.6 is 0 Å². The zero-order valence-electron chi connectivity index (χ0n) is 31.6. The van der Waals surface area contributed by atoms with E-state index in [1.807, 2.05) is 0 Å². The van der Waals surface area contributed by atoms with Crippen molar-refractivity contribution in [3.05, 3.63) is 24.3 Å². The highest BCUT2D eigenvalue weighted by Crippen LogP contribution is 2.28. The van der Waals surface area contributed by atoms with Crippen LogP contribution in [0.5, 0.6) is 0 Å². The minimum atomic E-state index is -0.137. The predicted molar refractivity (Wildman–Crippen MR) is 195 cm³/mol. The Labute approximate surface area is 289 Å². The molecule has 0 heterocycles. The fourth-order valence-electron chi connectivity index (χ4n) is 6.09. The Morgan fingerprint density at radius 2 is 1.13 bits per heavy atom. The molecule has 7 nitrogen and oxygen atoms in total. The van der Waals surface area contributed by atoms with Gasteiger partial charge in [0.05, 0.1) is 13.2 Å². The number of nitrogens with zero attached hydrogens (tertiary/aromatic N) is 1. The topological polar surface area (TPSA) is 82.1 Å². The van der Waals surface area contributed by atoms with Gasteiger partial charge in [-0.2, -0.15) is 0 Å². The van der Waals surface area contributed by atoms with E-state index in [4.69, 9.17) is 14.2 Å². The Bertz CT molecular complexity index is 804. The molecule has 7 heteroatoms. The Hall–Kier alpha value is -2.15. The summed E-state index contributed by atoms with van der Waals surface area (Å²) in [4.78, 5) is 39.4. The quantitative estimate of drug-likeness (QED) is 0.0316. The molecule has 0 amide bonds. The van der Waals surface area contributed by atoms with Gasteiger partial charge in [0.1, 0.15) is 6.10 Å². The van der Waals surface area contributed by atoms with Crippen LogP contribution in [0, 0.1) is 11.3 Å². The molecule has 0 aliphatic rings. The lowest BCUT2D eigenvalue weighted by molar-refractivity contribution is -0.151. The highest BCUT2D eigenvalue weighted by molar-refractivity contribution is 5.70. The number of carbonyl (C=O) groups excluding carboxylic acids is 3. The summed E-state index contributed by atoms with van der Waals surface area (Å²) in [5.41, 5.74) is 0.127. The van der Waals surface area contributed by atoms with Gasteiger partial charge >= 0.3 is 17.9 Å². The van der Waals surface area contributed by atoms with Crippen LogP contribution in [0.25, 0.3) is 0 Å². The third-order valence-corrected chi connectivity index (χ3v) is 8.15. The minimum Gasteiger partial charge on any atom is -0.465 e. The summed E-state index contributed by atoms with van der Waals surface area (Å²) in [6.07, 6.45) is 25.8. The van der Waals surface area contributed by atoms with Crippen LogP contribution in [0.15, 0.2) is 24.3 Å². The van der Waals surface area contributed by atoms with Crippen molar-refractivity contribution in [3.8, 4) is 0 Å². The molecule has 0 bridgehead atoms. The lowest BCUT2D eigenvalue weighted by Gasteiger charge is -2.31. The highest BCUT2D eigenvalue weighted by Gasteiger charge is 2.24. The van der Waals surface area contributed by atoms with Gasteiger partial charge in [-0.1, -0.05) is 97.4 Å². The first-order valence-corrected chi connectivity index (χ1v) is 18.9. The average Bonchev–Trinajstić information content (AvgIpc) is 2.98. The molecule has 1 atom stereocenters. The van der Waals surface area contributed by atoms with Crippen LogP contribution in [0.2, 0.25) is 0 Å². The van der Waals surface area contributed by atoms with Gasteiger partial charge in [0.15, 0.2) is 0 Å². The lowest BCUT2D eigenvalue weighted by atomic mass is 9.82. The van der Waals surface area contributed by atoms with Gasteiger partial charge in [-0.15, -0.1) is 0 Å². The molecule has 0 radical (unpaired) electrons. The van der Waals surface area contributed by atoms with Crippen LogP contribution in [0.1, 0.15) is 163 Å². The number of ether oxygens (including phenoxy) is 3. The van der Waals surface area contributed by atoms with Gasteiger partial charge in [-0.25, -0.2) is 0 Å². The lowest BCUT2D eigenvalue weighted by Crippen LogP contribution is -2.31. The molecule has 0 aliphatic heterocycles. The summed E-state index contributed by atoms with van der Waals surface area (Å²) in [6.45, 7) is 12.9. The minimum absolute atomic E-state index is 0.122. The second-order valence-electron chi connectivity index (χ2n) is 14.5. The Morgan fingerprint density at radius 3 is 1.57 bits per heavy atom. The maximum atomic E-state index is 13.0. The van der Waals surface area contributed by atoms with E-state index >= 15 is 0 Å². The Morgan fingerprint density at radius 1 is 0.660 bits per heavy atom. The first-order chi connectivity index (χ1) is 22.5. The first-order valence-electron chi connectivity index (χ1n) is 18.9. The van der Waals surface area contributed by atoms with Gasteiger partial charge < -0.3 is 19.1 Å². The molecule has 47 heavy (non-hydrogen) atoms. The molecule has 0 saturated carbocycles. The van der Waals surface area contributed by atoms with E-state index in [1.54, 1.807) is 0 Å². The molecule has 0 fully saturated rings. The van der Waals surface area contributed by atoms with Crippen LogP contribution in [0.3, 0.4) is 0 Å². The molecule has 0 aromatic carbocycles. The predicted octanol–water partition coefficient (Wildman–Crippen LogP) is 10.2. The van der Waals surface area contributed by atoms with Crippen LogP contribution in [0.4, 0.5) is 0 Å². The molecule has 0 rings (SSSR count). The number of carbonyl (C=O) groups is 3. The summed E-state index contributed by atoms with van der Waals surface area (Å²) in [5, 5.41) is 0. The maximum absolute atomic E-state index is 13.0. The molecule has 0 aromatic rings. The van der Waals surface area contributed by atoms with E-state index in [-0.39, 0.29) is 35.3 Å². The second kappa shape index (κ2) is 29.9. The number of hydrogen-bond donors (Lipinski definition) is 0. The van der Waals surface area contributed by atoms with E-state index in [9.17, 15) is 14.4 Å². The van der Waals surface area contributed by atoms with E-state index in [0.29, 0.717) is 32.5 Å². The molecular weight excluding hydrogens is 590 g/mol. The van der Waals surface area contributed by atoms with Crippen LogP contribution in [-0.2, 0) is 28.6 Å². The first kappa shape index (κ1) is 44.9. The van der Waals surface area contributed by atoms with Gasteiger partial charge in [-0.05, 0) is 96.1 Å². The number of esters is 3. The normalized spacial score (nSPS) is 12.8. The van der Waals surface area contributed by atoms with Crippen LogP contribution < -0.4 is 0 Å². The summed E-state index contributed by atoms with van der Waals surface area (Å²) < 4.78 is 16.8. The van der Waals surface area contributed by atoms with Crippen molar-refractivity contribution in [3.63, 3.8) is 0 Å². The molecule has 1 unspecified atom stereocenters. The smallest absolute Gasteiger partial charge is 0.306 e. The number of allylic oxidation sites excluding steroid dienone is 2. The van der Waals surface area contributed by atoms with Gasteiger partial charge in [0.25, 0.3) is 0 Å². The van der Waals surface area contributed by atoms with Crippen molar-refractivity contribution in [2.24, 2.45) is 11.3 Å². The largest absolute Gasteiger partial charge is 0.465 e. The SMILES string of the molecule is CCCC/C=C\CCOC(=O)CCCCCC(CCCCCC(=O)OCC/C=C\CCCC)OC(=O)CC(C)CC(C)(C)CN(C)C. The standard InChI is InChI=1S/C40H73NO6/c1-8-10-12-14-16-24-30-45-37(42)28-22-18-20-26-36(47-39(44)32-35(3)33-40(4,5)34-41(6)7)27-21-19-23-29-38(43)46-31-25-17-15-13-11-9-2/h14-17,35-36H,8-13,18-34H2,1-7H3/b16-14-,17-15-. The van der Waals surface area contributed by atoms with Crippen molar-refractivity contribution in [1.29, 1.82) is 0 Å². The summed E-state index contributed by atoms with van der Waals surface area (Å²) in [6, 6.07) is 0. The molecule has 0 aromatic heterocycles. The Balaban J connectivity index is 4.58. The number of rotatable bonds is 31. The number of unbranched alkanes of at least 4 members (excludes halogenated alkanes) is 8. The zero-order chi connectivity index (χ0) is 35.2. The van der Waals surface area contributed by atoms with Crippen LogP contribution in [-0.4, -0.2) is 62.8 Å². The van der Waals surface area contributed by atoms with Gasteiger partial charge in [-0.3, -0.25) is 14.4 Å². The van der Waals surface area contributed by atoms with Gasteiger partial charge in [0.2, 0.25) is 0 Å². The van der Waals surface area contributed by atoms with Crippen molar-refractivity contribution in [2.75, 3.05) is 33.9 Å². The average molecular weight is 664 g/mol. The molecule has 274 valence electrons. The second-order valence-corrected chi connectivity index (χ2v) is 14.5. The third kappa shape index (κ3) is 30.9.